The Morgan fingerprint density at radius 2 is 1.79 bits per heavy atom. The van der Waals surface area contributed by atoms with E-state index in [4.69, 9.17) is 12.2 Å². The lowest BCUT2D eigenvalue weighted by Gasteiger charge is -2.23. The third kappa shape index (κ3) is 9.28. The van der Waals surface area contributed by atoms with Crippen molar-refractivity contribution in [1.29, 1.82) is 0 Å². The van der Waals surface area contributed by atoms with Gasteiger partial charge in [0.1, 0.15) is 5.83 Å². The Balaban J connectivity index is 6.64. The van der Waals surface area contributed by atoms with Gasteiger partial charge in [0.2, 0.25) is 0 Å². The molecule has 0 aromatic heterocycles. The van der Waals surface area contributed by atoms with Crippen LogP contribution in [-0.2, 0) is 0 Å². The van der Waals surface area contributed by atoms with Crippen molar-refractivity contribution in [2.45, 2.75) is 67.3 Å². The van der Waals surface area contributed by atoms with Gasteiger partial charge in [-0.1, -0.05) is 46.6 Å². The highest BCUT2D eigenvalue weighted by Gasteiger charge is 2.19. The van der Waals surface area contributed by atoms with Crippen molar-refractivity contribution in [3.05, 3.63) is 46.0 Å². The molecule has 2 unspecified atom stereocenters. The van der Waals surface area contributed by atoms with Gasteiger partial charge in [-0.15, -0.1) is 15.7 Å². The number of hydrogen-bond donors (Lipinski definition) is 2. The highest BCUT2D eigenvalue weighted by atomic mass is 31.0. The van der Waals surface area contributed by atoms with E-state index < -0.39 is 12.0 Å². The van der Waals surface area contributed by atoms with E-state index >= 15 is 0 Å². The Kier molecular flexibility index (Phi) is 13.1. The minimum Gasteiger partial charge on any atom is -0.348 e. The lowest BCUT2D eigenvalue weighted by Crippen LogP contribution is -2.22. The number of terminal acetylenes is 1. The summed E-state index contributed by atoms with van der Waals surface area (Å²) in [6.07, 6.45) is 10.2. The first-order valence-electron chi connectivity index (χ1n) is 10.4. The van der Waals surface area contributed by atoms with Gasteiger partial charge in [-0.2, -0.15) is 4.39 Å². The largest absolute Gasteiger partial charge is 0.348 e. The van der Waals surface area contributed by atoms with Crippen LogP contribution in [0.15, 0.2) is 46.0 Å². The molecule has 0 spiro atoms. The van der Waals surface area contributed by atoms with E-state index in [1.165, 1.54) is 0 Å². The van der Waals surface area contributed by atoms with Crippen LogP contribution in [0.1, 0.15) is 61.3 Å². The molecule has 0 heterocycles. The van der Waals surface area contributed by atoms with E-state index in [1.807, 2.05) is 6.92 Å². The van der Waals surface area contributed by atoms with E-state index in [0.29, 0.717) is 41.8 Å². The van der Waals surface area contributed by atoms with Crippen molar-refractivity contribution in [2.75, 3.05) is 6.54 Å². The summed E-state index contributed by atoms with van der Waals surface area (Å²) >= 11 is 0. The number of halogens is 2. The van der Waals surface area contributed by atoms with Crippen LogP contribution >= 0.6 is 9.24 Å². The lowest BCUT2D eigenvalue weighted by atomic mass is 9.86. The fourth-order valence-corrected chi connectivity index (χ4v) is 3.19. The Morgan fingerprint density at radius 1 is 1.21 bits per heavy atom. The molecular formula is C24H39F2N2P. The molecule has 2 nitrogen and oxygen atoms in total. The second-order valence-corrected chi connectivity index (χ2v) is 8.65. The maximum Gasteiger partial charge on any atom is 0.190 e. The van der Waals surface area contributed by atoms with Gasteiger partial charge in [-0.05, 0) is 68.2 Å². The molecule has 0 aromatic rings. The van der Waals surface area contributed by atoms with Crippen LogP contribution in [0.3, 0.4) is 0 Å². The third-order valence-electron chi connectivity index (χ3n) is 4.81. The Bertz CT molecular complexity index is 694. The van der Waals surface area contributed by atoms with Gasteiger partial charge in [-0.3, -0.25) is 0 Å². The highest BCUT2D eigenvalue weighted by molar-refractivity contribution is 7.23. The second-order valence-electron chi connectivity index (χ2n) is 8.08. The molecule has 3 N–H and O–H groups in total. The quantitative estimate of drug-likeness (QED) is 0.174. The summed E-state index contributed by atoms with van der Waals surface area (Å²) in [5.41, 5.74) is 7.98. The number of allylic oxidation sites excluding steroid dienone is 6. The fourth-order valence-electron chi connectivity index (χ4n) is 2.80. The predicted molar refractivity (Wildman–Crippen MR) is 126 cm³/mol. The molecule has 0 aliphatic carbocycles. The normalized spacial score (nSPS) is 17.0. The maximum atomic E-state index is 14.8. The minimum absolute atomic E-state index is 0.118. The van der Waals surface area contributed by atoms with E-state index in [9.17, 15) is 8.78 Å². The average molecular weight is 425 g/mol. The highest BCUT2D eigenvalue weighted by Crippen LogP contribution is 2.36. The van der Waals surface area contributed by atoms with E-state index in [2.05, 4.69) is 54.2 Å². The van der Waals surface area contributed by atoms with Crippen molar-refractivity contribution < 1.29 is 8.78 Å². The number of nitrogens with two attached hydrogens (primary N) is 1. The molecule has 3 atom stereocenters. The van der Waals surface area contributed by atoms with Gasteiger partial charge in [-0.25, -0.2) is 4.39 Å². The smallest absolute Gasteiger partial charge is 0.190 e. The Hall–Kier alpha value is -1.43. The molecular weight excluding hydrogens is 385 g/mol. The van der Waals surface area contributed by atoms with Crippen LogP contribution in [0.5, 0.6) is 0 Å². The van der Waals surface area contributed by atoms with Gasteiger partial charge in [0.05, 0.1) is 6.04 Å². The van der Waals surface area contributed by atoms with Gasteiger partial charge in [0.15, 0.2) is 5.95 Å². The minimum atomic E-state index is -0.510. The van der Waals surface area contributed by atoms with E-state index in [-0.39, 0.29) is 17.7 Å². The lowest BCUT2D eigenvalue weighted by molar-refractivity contribution is 0.470. The molecule has 5 heteroatoms. The first kappa shape index (κ1) is 27.6. The monoisotopic (exact) mass is 424 g/mol. The van der Waals surface area contributed by atoms with Crippen molar-refractivity contribution in [1.82, 2.24) is 5.32 Å². The molecule has 0 amide bonds. The van der Waals surface area contributed by atoms with Gasteiger partial charge in [0, 0.05) is 10.9 Å². The summed E-state index contributed by atoms with van der Waals surface area (Å²) in [5, 5.41) is 3.10. The molecule has 164 valence electrons. The van der Waals surface area contributed by atoms with Crippen molar-refractivity contribution in [3.8, 4) is 12.3 Å². The van der Waals surface area contributed by atoms with Crippen molar-refractivity contribution in [2.24, 2.45) is 23.5 Å². The number of nitrogens with one attached hydrogen (secondary N) is 1. The first-order valence-corrected chi connectivity index (χ1v) is 10.9. The first-order chi connectivity index (χ1) is 13.5. The summed E-state index contributed by atoms with van der Waals surface area (Å²) < 4.78 is 29.4. The molecule has 0 fully saturated rings. The predicted octanol–water partition coefficient (Wildman–Crippen LogP) is 6.39. The molecule has 0 aromatic carbocycles. The number of rotatable bonds is 11. The fraction of sp³-hybridized carbons (Fsp3) is 0.583. The van der Waals surface area contributed by atoms with Crippen LogP contribution in [0.2, 0.25) is 0 Å². The summed E-state index contributed by atoms with van der Waals surface area (Å²) in [6, 6.07) is -0.438. The SMILES string of the molecule is C#C[C@@H](C)N\C(F)=C(C)/C=C(C(/P)=C(/F)CCC)\C(=C\C(CN)C(C)C)C(C)C. The molecule has 0 aliphatic rings. The number of hydrogen-bond acceptors (Lipinski definition) is 2. The molecule has 0 saturated heterocycles. The second kappa shape index (κ2) is 13.7. The van der Waals surface area contributed by atoms with Crippen LogP contribution in [-0.4, -0.2) is 12.6 Å². The van der Waals surface area contributed by atoms with Gasteiger partial charge >= 0.3 is 0 Å². The Morgan fingerprint density at radius 3 is 2.21 bits per heavy atom. The van der Waals surface area contributed by atoms with E-state index in [0.717, 1.165) is 5.57 Å². The standard InChI is InChI=1S/C24H39F2N2P/c1-9-11-22(25)23(29)21(12-17(7)24(26)28-18(8)10-2)20(16(5)6)13-19(14-27)15(3)4/h2,12-13,15-16,18-19,28H,9,11,14,27,29H2,1,3-8H3/b20-13+,21-12+,23-22-,24-17-/t18-,19?/m1/s1. The summed E-state index contributed by atoms with van der Waals surface area (Å²) in [5.74, 6) is 2.34. The topological polar surface area (TPSA) is 38.0 Å². The average Bonchev–Trinajstić information content (AvgIpc) is 2.65. The van der Waals surface area contributed by atoms with Gasteiger partial charge in [0.25, 0.3) is 0 Å². The molecule has 0 radical (unpaired) electrons. The summed E-state index contributed by atoms with van der Waals surface area (Å²) in [4.78, 5) is 0. The maximum absolute atomic E-state index is 14.8. The molecule has 0 rings (SSSR count). The van der Waals surface area contributed by atoms with Crippen molar-refractivity contribution >= 4 is 9.24 Å². The van der Waals surface area contributed by atoms with Crippen LogP contribution in [0, 0.1) is 30.1 Å². The summed E-state index contributed by atoms with van der Waals surface area (Å²) in [7, 11) is 2.51. The third-order valence-corrected chi connectivity index (χ3v) is 5.43. The summed E-state index contributed by atoms with van der Waals surface area (Å²) in [6.45, 7) is 14.1. The van der Waals surface area contributed by atoms with Gasteiger partial charge < -0.3 is 11.1 Å². The molecule has 0 aliphatic heterocycles. The molecule has 0 saturated carbocycles. The van der Waals surface area contributed by atoms with Crippen LogP contribution in [0.4, 0.5) is 8.78 Å². The van der Waals surface area contributed by atoms with Crippen LogP contribution in [0.25, 0.3) is 0 Å². The van der Waals surface area contributed by atoms with Crippen LogP contribution < -0.4 is 11.1 Å². The molecule has 0 bridgehead atoms. The van der Waals surface area contributed by atoms with Crippen molar-refractivity contribution in [3.63, 3.8) is 0 Å². The zero-order valence-corrected chi connectivity index (χ0v) is 20.2. The molecule has 29 heavy (non-hydrogen) atoms. The Labute approximate surface area is 179 Å². The zero-order chi connectivity index (χ0) is 22.7. The zero-order valence-electron chi connectivity index (χ0n) is 19.1. The van der Waals surface area contributed by atoms with E-state index in [1.54, 1.807) is 19.9 Å².